The Labute approximate surface area is 168 Å². The second-order valence-electron chi connectivity index (χ2n) is 10.1. The minimum Gasteiger partial charge on any atom is -0.462 e. The van der Waals surface area contributed by atoms with Crippen molar-refractivity contribution >= 4 is 23.4 Å². The Bertz CT molecular complexity index is 685. The van der Waals surface area contributed by atoms with Gasteiger partial charge in [0.15, 0.2) is 0 Å². The van der Waals surface area contributed by atoms with Gasteiger partial charge in [0.2, 0.25) is 0 Å². The van der Waals surface area contributed by atoms with Gasteiger partial charge in [-0.3, -0.25) is 9.59 Å². The van der Waals surface area contributed by atoms with E-state index in [2.05, 4.69) is 19.9 Å². The molecule has 3 saturated carbocycles. The number of hydrogen-bond acceptors (Lipinski definition) is 3. The number of Topliss-reactive ketones (excluding diaryl/α,β-unsaturated/α-hetero) is 1. The number of rotatable bonds is 2. The van der Waals surface area contributed by atoms with Gasteiger partial charge in [0.05, 0.1) is 0 Å². The van der Waals surface area contributed by atoms with Gasteiger partial charge in [-0.15, -0.1) is 11.6 Å². The first-order valence-electron chi connectivity index (χ1n) is 10.7. The van der Waals surface area contributed by atoms with Gasteiger partial charge in [-0.1, -0.05) is 25.5 Å². The molecule has 4 aliphatic rings. The maximum atomic E-state index is 12.4. The Morgan fingerprint density at radius 3 is 2.56 bits per heavy atom. The number of alkyl halides is 1. The lowest BCUT2D eigenvalue weighted by Gasteiger charge is -2.57. The van der Waals surface area contributed by atoms with E-state index in [-0.39, 0.29) is 40.0 Å². The van der Waals surface area contributed by atoms with E-state index in [0.29, 0.717) is 17.8 Å². The molecule has 0 amide bonds. The molecule has 0 spiro atoms. The van der Waals surface area contributed by atoms with E-state index in [1.165, 1.54) is 18.9 Å². The third-order valence-corrected chi connectivity index (χ3v) is 9.25. The number of esters is 1. The molecule has 0 N–H and O–H groups in total. The van der Waals surface area contributed by atoms with Gasteiger partial charge in [0, 0.05) is 24.6 Å². The molecule has 27 heavy (non-hydrogen) atoms. The van der Waals surface area contributed by atoms with E-state index in [1.807, 2.05) is 0 Å². The molecule has 3 nitrogen and oxygen atoms in total. The number of halogens is 1. The van der Waals surface area contributed by atoms with E-state index in [1.54, 1.807) is 6.92 Å². The highest BCUT2D eigenvalue weighted by Gasteiger charge is 2.61. The molecule has 4 rings (SSSR count). The van der Waals surface area contributed by atoms with Crippen molar-refractivity contribution in [3.63, 3.8) is 0 Å². The first kappa shape index (κ1) is 19.5. The molecule has 8 atom stereocenters. The highest BCUT2D eigenvalue weighted by Crippen LogP contribution is 2.67. The number of fused-ring (bicyclic) bond motifs is 5. The summed E-state index contributed by atoms with van der Waals surface area (Å²) >= 11 is 6.72. The van der Waals surface area contributed by atoms with Crippen molar-refractivity contribution in [3.8, 4) is 0 Å². The Hall–Kier alpha value is -0.830. The zero-order valence-corrected chi connectivity index (χ0v) is 17.8. The van der Waals surface area contributed by atoms with Gasteiger partial charge in [0.25, 0.3) is 0 Å². The summed E-state index contributed by atoms with van der Waals surface area (Å²) in [5.41, 5.74) is 1.79. The molecule has 4 aliphatic carbocycles. The van der Waals surface area contributed by atoms with Crippen molar-refractivity contribution in [1.29, 1.82) is 0 Å². The summed E-state index contributed by atoms with van der Waals surface area (Å²) in [5.74, 6) is 1.98. The lowest BCUT2D eigenvalue weighted by molar-refractivity contribution is -0.149. The second-order valence-corrected chi connectivity index (χ2v) is 10.7. The van der Waals surface area contributed by atoms with Gasteiger partial charge >= 0.3 is 5.97 Å². The average molecular weight is 393 g/mol. The molecular formula is C23H33ClO3. The highest BCUT2D eigenvalue weighted by atomic mass is 35.5. The lowest BCUT2D eigenvalue weighted by Crippen LogP contribution is -2.51. The van der Waals surface area contributed by atoms with Crippen LogP contribution >= 0.6 is 11.6 Å². The number of carbonyl (C=O) groups excluding carboxylic acids is 2. The number of ketones is 1. The predicted molar refractivity (Wildman–Crippen MR) is 106 cm³/mol. The Balaban J connectivity index is 1.61. The molecular weight excluding hydrogens is 360 g/mol. The van der Waals surface area contributed by atoms with Crippen LogP contribution in [0.1, 0.15) is 72.6 Å². The monoisotopic (exact) mass is 392 g/mol. The molecule has 0 aliphatic heterocycles. The van der Waals surface area contributed by atoms with Gasteiger partial charge in [-0.05, 0) is 74.0 Å². The first-order valence-corrected chi connectivity index (χ1v) is 11.1. The smallest absolute Gasteiger partial charge is 0.302 e. The van der Waals surface area contributed by atoms with Crippen molar-refractivity contribution in [2.45, 2.75) is 84.1 Å². The number of carbonyl (C=O) groups is 2. The van der Waals surface area contributed by atoms with Gasteiger partial charge in [-0.25, -0.2) is 0 Å². The van der Waals surface area contributed by atoms with E-state index in [0.717, 1.165) is 38.5 Å². The molecule has 4 heteroatoms. The zero-order valence-electron chi connectivity index (χ0n) is 17.1. The van der Waals surface area contributed by atoms with Crippen molar-refractivity contribution in [2.24, 2.45) is 34.5 Å². The second kappa shape index (κ2) is 6.61. The molecule has 6 unspecified atom stereocenters. The molecule has 3 fully saturated rings. The third-order valence-electron chi connectivity index (χ3n) is 8.82. The fourth-order valence-corrected chi connectivity index (χ4v) is 8.31. The highest BCUT2D eigenvalue weighted by molar-refractivity contribution is 6.22. The molecule has 0 radical (unpaired) electrons. The molecule has 0 aromatic heterocycles. The van der Waals surface area contributed by atoms with Crippen LogP contribution in [-0.4, -0.2) is 23.2 Å². The Kier molecular flexibility index (Phi) is 4.77. The molecule has 0 bridgehead atoms. The van der Waals surface area contributed by atoms with E-state index in [9.17, 15) is 9.59 Å². The summed E-state index contributed by atoms with van der Waals surface area (Å²) in [6.45, 7) is 8.02. The Morgan fingerprint density at radius 2 is 1.89 bits per heavy atom. The van der Waals surface area contributed by atoms with Crippen LogP contribution < -0.4 is 0 Å². The standard InChI is InChI=1S/C23H33ClO3/c1-13(25)21-20(24)12-19-17-6-5-15-11-16(27-14(2)26)7-9-22(15,3)18(17)8-10-23(19,21)4/h5,16-21H,6-12H2,1-4H3/t16?,17?,18?,19?,20?,21?,22-,23-/m0/s1. The minimum absolute atomic E-state index is 0.00543. The van der Waals surface area contributed by atoms with Crippen LogP contribution in [0.4, 0.5) is 0 Å². The molecule has 0 saturated heterocycles. The third kappa shape index (κ3) is 2.91. The SMILES string of the molecule is CC(=O)OC1CC[C@@]2(C)C(=CCC3C4CC(Cl)C(C(C)=O)[C@@]4(C)CCC32)C1. The minimum atomic E-state index is -0.166. The normalized spacial score (nSPS) is 48.7. The van der Waals surface area contributed by atoms with Crippen LogP contribution in [0.3, 0.4) is 0 Å². The summed E-state index contributed by atoms with van der Waals surface area (Å²) in [5, 5.41) is -0.00543. The van der Waals surface area contributed by atoms with E-state index in [4.69, 9.17) is 16.3 Å². The van der Waals surface area contributed by atoms with Gasteiger partial charge < -0.3 is 4.74 Å². The predicted octanol–water partition coefficient (Wildman–Crippen LogP) is 5.30. The number of ether oxygens (including phenoxy) is 1. The quantitative estimate of drug-likeness (QED) is 0.363. The maximum absolute atomic E-state index is 12.4. The average Bonchev–Trinajstić information content (AvgIpc) is 2.85. The van der Waals surface area contributed by atoms with Crippen LogP contribution in [-0.2, 0) is 14.3 Å². The first-order chi connectivity index (χ1) is 12.7. The van der Waals surface area contributed by atoms with Crippen LogP contribution in [0.5, 0.6) is 0 Å². The van der Waals surface area contributed by atoms with Crippen molar-refractivity contribution in [2.75, 3.05) is 0 Å². The molecule has 0 aromatic carbocycles. The fourth-order valence-electron chi connectivity index (χ4n) is 7.65. The molecule has 0 aromatic rings. The molecule has 0 heterocycles. The topological polar surface area (TPSA) is 43.4 Å². The summed E-state index contributed by atoms with van der Waals surface area (Å²) in [4.78, 5) is 23.7. The molecule has 150 valence electrons. The van der Waals surface area contributed by atoms with Crippen LogP contribution in [0.25, 0.3) is 0 Å². The van der Waals surface area contributed by atoms with E-state index >= 15 is 0 Å². The van der Waals surface area contributed by atoms with Crippen LogP contribution in [0.15, 0.2) is 11.6 Å². The fraction of sp³-hybridized carbons (Fsp3) is 0.826. The van der Waals surface area contributed by atoms with Crippen LogP contribution in [0.2, 0.25) is 0 Å². The summed E-state index contributed by atoms with van der Waals surface area (Å²) in [6.07, 6.45) is 9.85. The van der Waals surface area contributed by atoms with E-state index < -0.39 is 0 Å². The van der Waals surface area contributed by atoms with Crippen molar-refractivity contribution in [3.05, 3.63) is 11.6 Å². The summed E-state index contributed by atoms with van der Waals surface area (Å²) in [6, 6.07) is 0. The number of hydrogen-bond donors (Lipinski definition) is 0. The summed E-state index contributed by atoms with van der Waals surface area (Å²) < 4.78 is 5.53. The van der Waals surface area contributed by atoms with Crippen molar-refractivity contribution < 1.29 is 14.3 Å². The number of allylic oxidation sites excluding steroid dienone is 1. The largest absolute Gasteiger partial charge is 0.462 e. The zero-order chi connectivity index (χ0) is 19.6. The van der Waals surface area contributed by atoms with Crippen LogP contribution in [0, 0.1) is 34.5 Å². The van der Waals surface area contributed by atoms with Gasteiger partial charge in [-0.2, -0.15) is 0 Å². The van der Waals surface area contributed by atoms with Crippen molar-refractivity contribution in [1.82, 2.24) is 0 Å². The maximum Gasteiger partial charge on any atom is 0.302 e. The summed E-state index contributed by atoms with van der Waals surface area (Å²) in [7, 11) is 0. The van der Waals surface area contributed by atoms with Gasteiger partial charge in [0.1, 0.15) is 11.9 Å². The Morgan fingerprint density at radius 1 is 1.15 bits per heavy atom. The lowest BCUT2D eigenvalue weighted by atomic mass is 9.47.